The number of rotatable bonds is 7. The lowest BCUT2D eigenvalue weighted by molar-refractivity contribution is -0.114. The van der Waals surface area contributed by atoms with Crippen LogP contribution >= 0.6 is 0 Å². The number of ether oxygens (including phenoxy) is 2. The molecule has 6 rings (SSSR count). The van der Waals surface area contributed by atoms with Gasteiger partial charge in [-0.2, -0.15) is 0 Å². The molecule has 1 amide bonds. The molecule has 2 N–H and O–H groups in total. The van der Waals surface area contributed by atoms with Crippen LogP contribution < -0.4 is 10.6 Å². The second-order valence-corrected chi connectivity index (χ2v) is 9.12. The maximum Gasteiger partial charge on any atom is 0.222 e. The highest BCUT2D eigenvalue weighted by molar-refractivity contribution is 5.89. The first-order valence-corrected chi connectivity index (χ1v) is 11.4. The highest BCUT2D eigenvalue weighted by atomic mass is 16.5. The summed E-state index contributed by atoms with van der Waals surface area (Å²) in [6, 6.07) is 7.62. The van der Waals surface area contributed by atoms with Crippen LogP contribution in [0.1, 0.15) is 49.9 Å². The summed E-state index contributed by atoms with van der Waals surface area (Å²) in [6.07, 6.45) is 5.73. The number of methoxy groups -OCH3 is 1. The standard InChI is InChI=1S/C25H28N6O3/c1-14-7-23(31-24(28-14)25-9-18(10-25)34-13-25)30-21-8-22(29-16(3)32)27-12-19(21)20-6-5-17(11-26-20)15(2)33-4/h5-8,11-12,15,18H,9-10,13H2,1-4H3,(H2,27,28,29,30,31,32). The summed E-state index contributed by atoms with van der Waals surface area (Å²) < 4.78 is 11.2. The van der Waals surface area contributed by atoms with Gasteiger partial charge in [0.1, 0.15) is 17.5 Å². The average Bonchev–Trinajstić information content (AvgIpc) is 3.41. The molecule has 0 spiro atoms. The van der Waals surface area contributed by atoms with Crippen LogP contribution in [0.15, 0.2) is 36.7 Å². The van der Waals surface area contributed by atoms with Gasteiger partial charge in [0.2, 0.25) is 5.91 Å². The summed E-state index contributed by atoms with van der Waals surface area (Å²) in [6.45, 7) is 6.06. The minimum atomic E-state index is -0.192. The SMILES string of the molecule is COC(C)c1ccc(-c2cnc(NC(C)=O)cc2Nc2cc(C)nc(C34COC(C3)C4)n2)nc1. The molecule has 3 aromatic heterocycles. The van der Waals surface area contributed by atoms with Gasteiger partial charge < -0.3 is 20.1 Å². The third-order valence-corrected chi connectivity index (χ3v) is 6.52. The van der Waals surface area contributed by atoms with Crippen molar-refractivity contribution in [1.82, 2.24) is 19.9 Å². The third-order valence-electron chi connectivity index (χ3n) is 6.52. The number of nitrogens with one attached hydrogen (secondary N) is 2. The number of fused-ring (bicyclic) bond motifs is 1. The molecule has 9 heteroatoms. The van der Waals surface area contributed by atoms with Crippen molar-refractivity contribution in [2.75, 3.05) is 24.4 Å². The normalized spacial score (nSPS) is 21.6. The molecule has 3 aliphatic rings. The van der Waals surface area contributed by atoms with Crippen LogP contribution in [0.3, 0.4) is 0 Å². The minimum Gasteiger partial charge on any atom is -0.377 e. The van der Waals surface area contributed by atoms with Crippen molar-refractivity contribution >= 4 is 23.2 Å². The first-order chi connectivity index (χ1) is 16.3. The lowest BCUT2D eigenvalue weighted by Gasteiger charge is -2.33. The Morgan fingerprint density at radius 3 is 2.65 bits per heavy atom. The van der Waals surface area contributed by atoms with Crippen molar-refractivity contribution in [3.63, 3.8) is 0 Å². The predicted molar refractivity (Wildman–Crippen MR) is 128 cm³/mol. The maximum atomic E-state index is 11.6. The van der Waals surface area contributed by atoms with Crippen molar-refractivity contribution in [2.24, 2.45) is 0 Å². The quantitative estimate of drug-likeness (QED) is 0.543. The van der Waals surface area contributed by atoms with Crippen molar-refractivity contribution in [1.29, 1.82) is 0 Å². The molecule has 2 aliphatic heterocycles. The Balaban J connectivity index is 1.51. The van der Waals surface area contributed by atoms with E-state index >= 15 is 0 Å². The summed E-state index contributed by atoms with van der Waals surface area (Å²) in [5.74, 6) is 1.75. The summed E-state index contributed by atoms with van der Waals surface area (Å²) in [4.78, 5) is 30.2. The molecule has 0 radical (unpaired) electrons. The van der Waals surface area contributed by atoms with E-state index in [-0.39, 0.29) is 17.4 Å². The number of nitrogens with zero attached hydrogens (tertiary/aromatic N) is 4. The molecule has 2 bridgehead atoms. The smallest absolute Gasteiger partial charge is 0.222 e. The zero-order chi connectivity index (χ0) is 23.9. The zero-order valence-corrected chi connectivity index (χ0v) is 19.8. The van der Waals surface area contributed by atoms with Gasteiger partial charge in [-0.15, -0.1) is 0 Å². The second-order valence-electron chi connectivity index (χ2n) is 9.12. The number of anilines is 3. The molecular formula is C25H28N6O3. The molecule has 3 aromatic rings. The molecule has 3 fully saturated rings. The number of aromatic nitrogens is 4. The molecule has 0 aromatic carbocycles. The van der Waals surface area contributed by atoms with Gasteiger partial charge in [0.05, 0.1) is 35.6 Å². The highest BCUT2D eigenvalue weighted by Gasteiger charge is 2.55. The molecule has 176 valence electrons. The van der Waals surface area contributed by atoms with Crippen LogP contribution in [0.4, 0.5) is 17.3 Å². The molecular weight excluding hydrogens is 432 g/mol. The van der Waals surface area contributed by atoms with E-state index in [4.69, 9.17) is 19.4 Å². The Bertz CT molecular complexity index is 1220. The van der Waals surface area contributed by atoms with Crippen molar-refractivity contribution in [2.45, 2.75) is 51.2 Å². The van der Waals surface area contributed by atoms with Gasteiger partial charge in [-0.1, -0.05) is 6.07 Å². The molecule has 2 saturated heterocycles. The van der Waals surface area contributed by atoms with E-state index in [0.717, 1.165) is 46.9 Å². The number of carbonyl (C=O) groups excluding carboxylic acids is 1. The predicted octanol–water partition coefficient (Wildman–Crippen LogP) is 4.08. The molecule has 1 aliphatic carbocycles. The Morgan fingerprint density at radius 1 is 1.18 bits per heavy atom. The fraction of sp³-hybridized carbons (Fsp3) is 0.400. The molecule has 1 unspecified atom stereocenters. The summed E-state index contributed by atoms with van der Waals surface area (Å²) in [5.41, 5.74) is 4.05. The van der Waals surface area contributed by atoms with Crippen LogP contribution in [-0.4, -0.2) is 45.7 Å². The first-order valence-electron chi connectivity index (χ1n) is 11.4. The Kier molecular flexibility index (Phi) is 5.75. The van der Waals surface area contributed by atoms with Crippen LogP contribution in [-0.2, 0) is 19.7 Å². The third kappa shape index (κ3) is 4.24. The Labute approximate surface area is 198 Å². The monoisotopic (exact) mass is 460 g/mol. The van der Waals surface area contributed by atoms with E-state index in [1.165, 1.54) is 6.92 Å². The van der Waals surface area contributed by atoms with E-state index in [2.05, 4.69) is 20.6 Å². The number of carbonyl (C=O) groups is 1. The van der Waals surface area contributed by atoms with Gasteiger partial charge in [-0.05, 0) is 38.3 Å². The van der Waals surface area contributed by atoms with Gasteiger partial charge in [0.25, 0.3) is 0 Å². The fourth-order valence-corrected chi connectivity index (χ4v) is 4.53. The summed E-state index contributed by atoms with van der Waals surface area (Å²) in [7, 11) is 1.67. The first kappa shape index (κ1) is 22.4. The summed E-state index contributed by atoms with van der Waals surface area (Å²) >= 11 is 0. The number of amides is 1. The molecule has 9 nitrogen and oxygen atoms in total. The zero-order valence-electron chi connectivity index (χ0n) is 19.8. The minimum absolute atomic E-state index is 0.0492. The largest absolute Gasteiger partial charge is 0.377 e. The van der Waals surface area contributed by atoms with Gasteiger partial charge in [-0.3, -0.25) is 9.78 Å². The second kappa shape index (κ2) is 8.73. The van der Waals surface area contributed by atoms with Crippen LogP contribution in [0.5, 0.6) is 0 Å². The number of hydrogen-bond acceptors (Lipinski definition) is 8. The van der Waals surface area contributed by atoms with Crippen molar-refractivity contribution < 1.29 is 14.3 Å². The van der Waals surface area contributed by atoms with Gasteiger partial charge in [-0.25, -0.2) is 15.0 Å². The maximum absolute atomic E-state index is 11.6. The molecule has 1 saturated carbocycles. The van der Waals surface area contributed by atoms with Crippen molar-refractivity contribution in [3.8, 4) is 11.3 Å². The topological polar surface area (TPSA) is 111 Å². The van der Waals surface area contributed by atoms with Crippen LogP contribution in [0.25, 0.3) is 11.3 Å². The fourth-order valence-electron chi connectivity index (χ4n) is 4.53. The van der Waals surface area contributed by atoms with E-state index in [1.807, 2.05) is 32.0 Å². The van der Waals surface area contributed by atoms with E-state index in [9.17, 15) is 4.79 Å². The summed E-state index contributed by atoms with van der Waals surface area (Å²) in [5, 5.41) is 6.17. The van der Waals surface area contributed by atoms with Crippen LogP contribution in [0.2, 0.25) is 0 Å². The van der Waals surface area contributed by atoms with Gasteiger partial charge in [0, 0.05) is 49.8 Å². The molecule has 5 heterocycles. The average molecular weight is 461 g/mol. The van der Waals surface area contributed by atoms with Gasteiger partial charge >= 0.3 is 0 Å². The number of hydrogen-bond donors (Lipinski definition) is 2. The highest BCUT2D eigenvalue weighted by Crippen LogP contribution is 2.50. The van der Waals surface area contributed by atoms with Gasteiger partial charge in [0.15, 0.2) is 0 Å². The number of pyridine rings is 2. The molecule has 34 heavy (non-hydrogen) atoms. The Hall–Kier alpha value is -3.43. The van der Waals surface area contributed by atoms with E-state index in [0.29, 0.717) is 24.3 Å². The van der Waals surface area contributed by atoms with Crippen LogP contribution in [0, 0.1) is 6.92 Å². The van der Waals surface area contributed by atoms with E-state index in [1.54, 1.807) is 25.6 Å². The van der Waals surface area contributed by atoms with Crippen molar-refractivity contribution in [3.05, 3.63) is 53.7 Å². The van der Waals surface area contributed by atoms with E-state index < -0.39 is 0 Å². The lowest BCUT2D eigenvalue weighted by atomic mass is 9.69. The lowest BCUT2D eigenvalue weighted by Crippen LogP contribution is -2.39. The molecule has 1 atom stereocenters. The number of aryl methyl sites for hydroxylation is 1. The Morgan fingerprint density at radius 2 is 2.00 bits per heavy atom.